The van der Waals surface area contributed by atoms with Gasteiger partial charge in [-0.05, 0) is 12.1 Å². The highest BCUT2D eigenvalue weighted by Gasteiger charge is 2.10. The molecule has 4 heteroatoms. The molecule has 0 bridgehead atoms. The van der Waals surface area contributed by atoms with Crippen LogP contribution in [0.2, 0.25) is 0 Å². The second-order valence-corrected chi connectivity index (χ2v) is 2.68. The maximum atomic E-state index is 9.43. The van der Waals surface area contributed by atoms with Gasteiger partial charge in [0, 0.05) is 18.2 Å². The van der Waals surface area contributed by atoms with Crippen LogP contribution in [-0.4, -0.2) is 23.9 Å². The smallest absolute Gasteiger partial charge is 0.125 e. The lowest BCUT2D eigenvalue weighted by atomic mass is 10.1. The molecule has 13 heavy (non-hydrogen) atoms. The van der Waals surface area contributed by atoms with Gasteiger partial charge in [0.05, 0.1) is 13.2 Å². The Hall–Kier alpha value is -1.26. The summed E-state index contributed by atoms with van der Waals surface area (Å²) in [6.45, 7) is 0.0832. The third-order valence-electron chi connectivity index (χ3n) is 1.82. The van der Waals surface area contributed by atoms with Crippen molar-refractivity contribution in [2.45, 2.75) is 6.10 Å². The fourth-order valence-electron chi connectivity index (χ4n) is 1.06. The van der Waals surface area contributed by atoms with E-state index in [1.807, 2.05) is 0 Å². The molecule has 1 aromatic rings. The Balaban J connectivity index is 2.98. The Bertz CT molecular complexity index is 288. The van der Waals surface area contributed by atoms with Gasteiger partial charge in [0.1, 0.15) is 11.5 Å². The van der Waals surface area contributed by atoms with Crippen LogP contribution in [0.3, 0.4) is 0 Å². The summed E-state index contributed by atoms with van der Waals surface area (Å²) >= 11 is 0. The minimum Gasteiger partial charge on any atom is -0.507 e. The SMILES string of the molecule is COc1ccc(C(O)CN)c(O)c1. The van der Waals surface area contributed by atoms with Gasteiger partial charge >= 0.3 is 0 Å². The Morgan fingerprint density at radius 1 is 1.54 bits per heavy atom. The summed E-state index contributed by atoms with van der Waals surface area (Å²) in [5, 5.41) is 18.8. The Labute approximate surface area is 76.6 Å². The van der Waals surface area contributed by atoms with Crippen LogP contribution < -0.4 is 10.5 Å². The summed E-state index contributed by atoms with van der Waals surface area (Å²) < 4.78 is 4.89. The monoisotopic (exact) mass is 183 g/mol. The summed E-state index contributed by atoms with van der Waals surface area (Å²) in [5.74, 6) is 0.544. The molecule has 0 saturated carbocycles. The van der Waals surface area contributed by atoms with Gasteiger partial charge in [-0.1, -0.05) is 0 Å². The average molecular weight is 183 g/mol. The fourth-order valence-corrected chi connectivity index (χ4v) is 1.06. The Morgan fingerprint density at radius 2 is 2.23 bits per heavy atom. The lowest BCUT2D eigenvalue weighted by Gasteiger charge is -2.10. The highest BCUT2D eigenvalue weighted by atomic mass is 16.5. The minimum atomic E-state index is -0.828. The van der Waals surface area contributed by atoms with Crippen molar-refractivity contribution in [1.82, 2.24) is 0 Å². The minimum absolute atomic E-state index is 0.00250. The zero-order chi connectivity index (χ0) is 9.84. The van der Waals surface area contributed by atoms with E-state index in [0.29, 0.717) is 11.3 Å². The standard InChI is InChI=1S/C9H13NO3/c1-13-6-2-3-7(8(11)4-6)9(12)5-10/h2-4,9,11-12H,5,10H2,1H3. The van der Waals surface area contributed by atoms with Gasteiger partial charge in [0.2, 0.25) is 0 Å². The van der Waals surface area contributed by atoms with Crippen molar-refractivity contribution in [2.24, 2.45) is 5.73 Å². The summed E-state index contributed by atoms with van der Waals surface area (Å²) in [6.07, 6.45) is -0.828. The zero-order valence-corrected chi connectivity index (χ0v) is 7.40. The molecule has 4 N–H and O–H groups in total. The molecule has 72 valence electrons. The molecule has 1 rings (SSSR count). The first-order chi connectivity index (χ1) is 6.19. The number of aliphatic hydroxyl groups is 1. The second kappa shape index (κ2) is 4.11. The second-order valence-electron chi connectivity index (χ2n) is 2.68. The largest absolute Gasteiger partial charge is 0.507 e. The quantitative estimate of drug-likeness (QED) is 0.633. The number of methoxy groups -OCH3 is 1. The third kappa shape index (κ3) is 2.11. The predicted octanol–water partition coefficient (Wildman–Crippen LogP) is 0.393. The van der Waals surface area contributed by atoms with E-state index in [4.69, 9.17) is 10.5 Å². The van der Waals surface area contributed by atoms with Crippen molar-refractivity contribution in [3.8, 4) is 11.5 Å². The van der Waals surface area contributed by atoms with Crippen molar-refractivity contribution in [1.29, 1.82) is 0 Å². The first kappa shape index (κ1) is 9.83. The van der Waals surface area contributed by atoms with E-state index in [0.717, 1.165) is 0 Å². The van der Waals surface area contributed by atoms with Crippen LogP contribution in [0.1, 0.15) is 11.7 Å². The zero-order valence-electron chi connectivity index (χ0n) is 7.40. The average Bonchev–Trinajstić information content (AvgIpc) is 2.16. The molecule has 0 fully saturated rings. The van der Waals surface area contributed by atoms with E-state index < -0.39 is 6.10 Å². The Kier molecular flexibility index (Phi) is 3.11. The molecule has 0 aliphatic heterocycles. The van der Waals surface area contributed by atoms with Crippen molar-refractivity contribution >= 4 is 0 Å². The molecule has 0 aliphatic carbocycles. The van der Waals surface area contributed by atoms with Crippen LogP contribution in [0.25, 0.3) is 0 Å². The number of aromatic hydroxyl groups is 1. The van der Waals surface area contributed by atoms with Gasteiger partial charge < -0.3 is 20.7 Å². The third-order valence-corrected chi connectivity index (χ3v) is 1.82. The number of nitrogens with two attached hydrogens (primary N) is 1. The number of benzene rings is 1. The molecule has 0 aromatic heterocycles. The molecule has 0 amide bonds. The van der Waals surface area contributed by atoms with Gasteiger partial charge in [0.15, 0.2) is 0 Å². The molecule has 0 heterocycles. The summed E-state index contributed by atoms with van der Waals surface area (Å²) in [7, 11) is 1.51. The van der Waals surface area contributed by atoms with Crippen LogP contribution in [0, 0.1) is 0 Å². The van der Waals surface area contributed by atoms with Crippen LogP contribution in [-0.2, 0) is 0 Å². The molecule has 1 unspecified atom stereocenters. The molecule has 0 radical (unpaired) electrons. The first-order valence-corrected chi connectivity index (χ1v) is 3.94. The molecule has 1 atom stereocenters. The highest BCUT2D eigenvalue weighted by molar-refractivity contribution is 5.40. The molecular weight excluding hydrogens is 170 g/mol. The predicted molar refractivity (Wildman–Crippen MR) is 48.7 cm³/mol. The highest BCUT2D eigenvalue weighted by Crippen LogP contribution is 2.27. The number of ether oxygens (including phenoxy) is 1. The molecule has 1 aromatic carbocycles. The van der Waals surface area contributed by atoms with E-state index in [2.05, 4.69) is 0 Å². The molecule has 4 nitrogen and oxygen atoms in total. The first-order valence-electron chi connectivity index (χ1n) is 3.94. The Morgan fingerprint density at radius 3 is 2.69 bits per heavy atom. The summed E-state index contributed by atoms with van der Waals surface area (Å²) in [5.41, 5.74) is 5.67. The maximum Gasteiger partial charge on any atom is 0.125 e. The lowest BCUT2D eigenvalue weighted by Crippen LogP contribution is -2.11. The number of rotatable bonds is 3. The van der Waals surface area contributed by atoms with Crippen LogP contribution in [0.4, 0.5) is 0 Å². The van der Waals surface area contributed by atoms with Crippen molar-refractivity contribution < 1.29 is 14.9 Å². The van der Waals surface area contributed by atoms with Gasteiger partial charge in [-0.15, -0.1) is 0 Å². The number of phenolic OH excluding ortho intramolecular Hbond substituents is 1. The maximum absolute atomic E-state index is 9.43. The van der Waals surface area contributed by atoms with E-state index >= 15 is 0 Å². The van der Waals surface area contributed by atoms with Gasteiger partial charge in [-0.25, -0.2) is 0 Å². The molecule has 0 spiro atoms. The number of hydrogen-bond donors (Lipinski definition) is 3. The van der Waals surface area contributed by atoms with Gasteiger partial charge in [-0.3, -0.25) is 0 Å². The van der Waals surface area contributed by atoms with Crippen LogP contribution >= 0.6 is 0 Å². The van der Waals surface area contributed by atoms with Crippen molar-refractivity contribution in [2.75, 3.05) is 13.7 Å². The van der Waals surface area contributed by atoms with Crippen LogP contribution in [0.5, 0.6) is 11.5 Å². The molecule has 0 saturated heterocycles. The molecular formula is C9H13NO3. The molecule has 0 aliphatic rings. The number of phenols is 1. The van der Waals surface area contributed by atoms with E-state index in [1.54, 1.807) is 12.1 Å². The van der Waals surface area contributed by atoms with E-state index in [1.165, 1.54) is 13.2 Å². The number of hydrogen-bond acceptors (Lipinski definition) is 4. The summed E-state index contributed by atoms with van der Waals surface area (Å²) in [4.78, 5) is 0. The van der Waals surface area contributed by atoms with E-state index in [-0.39, 0.29) is 12.3 Å². The van der Waals surface area contributed by atoms with Gasteiger partial charge in [-0.2, -0.15) is 0 Å². The number of aliphatic hydroxyl groups excluding tert-OH is 1. The van der Waals surface area contributed by atoms with E-state index in [9.17, 15) is 10.2 Å². The fraction of sp³-hybridized carbons (Fsp3) is 0.333. The normalized spacial score (nSPS) is 12.5. The topological polar surface area (TPSA) is 75.7 Å². The summed E-state index contributed by atoms with van der Waals surface area (Å²) in [6, 6.07) is 4.69. The van der Waals surface area contributed by atoms with Gasteiger partial charge in [0.25, 0.3) is 0 Å². The van der Waals surface area contributed by atoms with Crippen molar-refractivity contribution in [3.05, 3.63) is 23.8 Å². The van der Waals surface area contributed by atoms with Crippen LogP contribution in [0.15, 0.2) is 18.2 Å². The van der Waals surface area contributed by atoms with Crippen molar-refractivity contribution in [3.63, 3.8) is 0 Å². The lowest BCUT2D eigenvalue weighted by molar-refractivity contribution is 0.182.